The van der Waals surface area contributed by atoms with Crippen molar-refractivity contribution in [3.05, 3.63) is 42.4 Å². The standard InChI is InChI=1S/C16H19N5O/c1-11(2)21-9-12(13-5-3-4-6-14(13)21)7-8-15(22)19-16-17-10-18-20-16/h3-6,9-11H,7-8H2,1-2H3,(H2,17,18,19,20,22). The first kappa shape index (κ1) is 14.3. The predicted octanol–water partition coefficient (Wildman–Crippen LogP) is 2.91. The zero-order valence-electron chi connectivity index (χ0n) is 12.7. The summed E-state index contributed by atoms with van der Waals surface area (Å²) >= 11 is 0. The summed E-state index contributed by atoms with van der Waals surface area (Å²) < 4.78 is 2.25. The lowest BCUT2D eigenvalue weighted by molar-refractivity contribution is -0.116. The van der Waals surface area contributed by atoms with Crippen LogP contribution in [-0.4, -0.2) is 25.7 Å². The Bertz CT molecular complexity index is 773. The summed E-state index contributed by atoms with van der Waals surface area (Å²) in [6.45, 7) is 4.32. The van der Waals surface area contributed by atoms with Crippen LogP contribution >= 0.6 is 0 Å². The Balaban J connectivity index is 1.75. The lowest BCUT2D eigenvalue weighted by Gasteiger charge is -2.08. The number of benzene rings is 1. The van der Waals surface area contributed by atoms with Crippen molar-refractivity contribution in [1.82, 2.24) is 19.7 Å². The fraction of sp³-hybridized carbons (Fsp3) is 0.312. The molecule has 2 aromatic heterocycles. The number of H-pyrrole nitrogens is 1. The fourth-order valence-electron chi connectivity index (χ4n) is 2.61. The second kappa shape index (κ2) is 6.01. The molecule has 0 saturated heterocycles. The number of aryl methyl sites for hydroxylation is 1. The highest BCUT2D eigenvalue weighted by Gasteiger charge is 2.12. The van der Waals surface area contributed by atoms with E-state index >= 15 is 0 Å². The number of amides is 1. The Morgan fingerprint density at radius 3 is 2.91 bits per heavy atom. The van der Waals surface area contributed by atoms with Crippen LogP contribution in [0.15, 0.2) is 36.8 Å². The molecule has 6 nitrogen and oxygen atoms in total. The van der Waals surface area contributed by atoms with Gasteiger partial charge in [-0.3, -0.25) is 10.1 Å². The zero-order chi connectivity index (χ0) is 15.5. The zero-order valence-corrected chi connectivity index (χ0v) is 12.7. The van der Waals surface area contributed by atoms with Crippen LogP contribution in [0.2, 0.25) is 0 Å². The first-order chi connectivity index (χ1) is 10.6. The maximum atomic E-state index is 12.0. The largest absolute Gasteiger partial charge is 0.345 e. The second-order valence-corrected chi connectivity index (χ2v) is 5.55. The summed E-state index contributed by atoms with van der Waals surface area (Å²) in [5, 5.41) is 10.2. The van der Waals surface area contributed by atoms with Crippen LogP contribution < -0.4 is 5.32 Å². The summed E-state index contributed by atoms with van der Waals surface area (Å²) in [7, 11) is 0. The van der Waals surface area contributed by atoms with E-state index in [4.69, 9.17) is 0 Å². The Kier molecular flexibility index (Phi) is 3.91. The Labute approximate surface area is 128 Å². The number of aromatic amines is 1. The van der Waals surface area contributed by atoms with Crippen LogP contribution in [0.25, 0.3) is 10.9 Å². The van der Waals surface area contributed by atoms with E-state index in [1.165, 1.54) is 22.8 Å². The van der Waals surface area contributed by atoms with Gasteiger partial charge < -0.3 is 4.57 Å². The Morgan fingerprint density at radius 1 is 1.36 bits per heavy atom. The molecule has 6 heteroatoms. The molecular formula is C16H19N5O. The van der Waals surface area contributed by atoms with Gasteiger partial charge in [0.2, 0.25) is 11.9 Å². The summed E-state index contributed by atoms with van der Waals surface area (Å²) in [5.41, 5.74) is 2.40. The molecule has 0 spiro atoms. The second-order valence-electron chi connectivity index (χ2n) is 5.55. The molecule has 0 aliphatic rings. The molecule has 2 N–H and O–H groups in total. The van der Waals surface area contributed by atoms with Gasteiger partial charge in [0, 0.05) is 29.6 Å². The SMILES string of the molecule is CC(C)n1cc(CCC(=O)Nc2ncn[nH]2)c2ccccc21. The van der Waals surface area contributed by atoms with E-state index in [0.29, 0.717) is 24.8 Å². The first-order valence-corrected chi connectivity index (χ1v) is 7.39. The van der Waals surface area contributed by atoms with Crippen molar-refractivity contribution in [2.45, 2.75) is 32.7 Å². The number of carbonyl (C=O) groups is 1. The third-order valence-electron chi connectivity index (χ3n) is 3.67. The molecule has 0 aliphatic carbocycles. The Hall–Kier alpha value is -2.63. The van der Waals surface area contributed by atoms with Gasteiger partial charge in [0.15, 0.2) is 0 Å². The molecule has 0 radical (unpaired) electrons. The average Bonchev–Trinajstić information content (AvgIpc) is 3.12. The van der Waals surface area contributed by atoms with E-state index in [1.54, 1.807) is 0 Å². The average molecular weight is 297 g/mol. The van der Waals surface area contributed by atoms with E-state index in [9.17, 15) is 4.79 Å². The van der Waals surface area contributed by atoms with Gasteiger partial charge in [-0.05, 0) is 31.9 Å². The first-order valence-electron chi connectivity index (χ1n) is 7.39. The van der Waals surface area contributed by atoms with Crippen LogP contribution in [0.4, 0.5) is 5.95 Å². The van der Waals surface area contributed by atoms with Crippen molar-refractivity contribution in [3.63, 3.8) is 0 Å². The maximum absolute atomic E-state index is 12.0. The molecule has 3 rings (SSSR count). The number of hydrogen-bond donors (Lipinski definition) is 2. The van der Waals surface area contributed by atoms with Crippen LogP contribution in [0.5, 0.6) is 0 Å². The quantitative estimate of drug-likeness (QED) is 0.760. The number of hydrogen-bond acceptors (Lipinski definition) is 3. The van der Waals surface area contributed by atoms with Crippen molar-refractivity contribution < 1.29 is 4.79 Å². The van der Waals surface area contributed by atoms with Gasteiger partial charge in [-0.1, -0.05) is 18.2 Å². The number of carbonyl (C=O) groups excluding carboxylic acids is 1. The highest BCUT2D eigenvalue weighted by atomic mass is 16.1. The fourth-order valence-corrected chi connectivity index (χ4v) is 2.61. The van der Waals surface area contributed by atoms with Gasteiger partial charge in [0.05, 0.1) is 0 Å². The molecule has 2 heterocycles. The smallest absolute Gasteiger partial charge is 0.227 e. The highest BCUT2D eigenvalue weighted by Crippen LogP contribution is 2.25. The molecule has 0 bridgehead atoms. The minimum Gasteiger partial charge on any atom is -0.345 e. The van der Waals surface area contributed by atoms with E-state index in [-0.39, 0.29) is 5.91 Å². The number of fused-ring (bicyclic) bond motifs is 1. The summed E-state index contributed by atoms with van der Waals surface area (Å²) in [6.07, 6.45) is 4.62. The molecule has 3 aromatic rings. The highest BCUT2D eigenvalue weighted by molar-refractivity contribution is 5.90. The van der Waals surface area contributed by atoms with Crippen molar-refractivity contribution in [2.75, 3.05) is 5.32 Å². The van der Waals surface area contributed by atoms with E-state index in [0.717, 1.165) is 0 Å². The molecule has 0 fully saturated rings. The molecule has 0 aliphatic heterocycles. The summed E-state index contributed by atoms with van der Waals surface area (Å²) in [4.78, 5) is 15.8. The van der Waals surface area contributed by atoms with Gasteiger partial charge in [-0.15, -0.1) is 0 Å². The van der Waals surface area contributed by atoms with Gasteiger partial charge >= 0.3 is 0 Å². The number of para-hydroxylation sites is 1. The van der Waals surface area contributed by atoms with Crippen LogP contribution in [0.1, 0.15) is 31.9 Å². The molecular weight excluding hydrogens is 278 g/mol. The normalized spacial score (nSPS) is 11.2. The van der Waals surface area contributed by atoms with E-state index < -0.39 is 0 Å². The predicted molar refractivity (Wildman–Crippen MR) is 85.7 cm³/mol. The van der Waals surface area contributed by atoms with Crippen LogP contribution in [-0.2, 0) is 11.2 Å². The molecule has 22 heavy (non-hydrogen) atoms. The minimum absolute atomic E-state index is 0.0712. The number of aromatic nitrogens is 4. The minimum atomic E-state index is -0.0712. The van der Waals surface area contributed by atoms with Gasteiger partial charge in [0.25, 0.3) is 0 Å². The number of rotatable bonds is 5. The molecule has 114 valence electrons. The lowest BCUT2D eigenvalue weighted by atomic mass is 10.1. The molecule has 1 amide bonds. The van der Waals surface area contributed by atoms with Gasteiger partial charge in [-0.25, -0.2) is 5.10 Å². The third-order valence-corrected chi connectivity index (χ3v) is 3.67. The molecule has 0 atom stereocenters. The van der Waals surface area contributed by atoms with Crippen LogP contribution in [0.3, 0.4) is 0 Å². The number of anilines is 1. The third kappa shape index (κ3) is 2.86. The van der Waals surface area contributed by atoms with Crippen molar-refractivity contribution in [2.24, 2.45) is 0 Å². The van der Waals surface area contributed by atoms with Gasteiger partial charge in [-0.2, -0.15) is 10.1 Å². The van der Waals surface area contributed by atoms with Crippen molar-refractivity contribution >= 4 is 22.8 Å². The van der Waals surface area contributed by atoms with Crippen molar-refractivity contribution in [1.29, 1.82) is 0 Å². The summed E-state index contributed by atoms with van der Waals surface area (Å²) in [6, 6.07) is 8.69. The van der Waals surface area contributed by atoms with E-state index in [2.05, 4.69) is 57.2 Å². The lowest BCUT2D eigenvalue weighted by Crippen LogP contribution is -2.13. The van der Waals surface area contributed by atoms with Crippen molar-refractivity contribution in [3.8, 4) is 0 Å². The molecule has 0 unspecified atom stereocenters. The van der Waals surface area contributed by atoms with Gasteiger partial charge in [0.1, 0.15) is 6.33 Å². The molecule has 0 saturated carbocycles. The van der Waals surface area contributed by atoms with Crippen LogP contribution in [0, 0.1) is 0 Å². The molecule has 1 aromatic carbocycles. The topological polar surface area (TPSA) is 75.6 Å². The number of nitrogens with one attached hydrogen (secondary N) is 2. The Morgan fingerprint density at radius 2 is 2.18 bits per heavy atom. The number of nitrogens with zero attached hydrogens (tertiary/aromatic N) is 3. The maximum Gasteiger partial charge on any atom is 0.227 e. The monoisotopic (exact) mass is 297 g/mol. The summed E-state index contributed by atoms with van der Waals surface area (Å²) in [5.74, 6) is 0.313. The van der Waals surface area contributed by atoms with E-state index in [1.807, 2.05) is 12.1 Å².